The van der Waals surface area contributed by atoms with E-state index in [1.807, 2.05) is 30.3 Å². The highest BCUT2D eigenvalue weighted by Gasteiger charge is 2.38. The van der Waals surface area contributed by atoms with E-state index in [-0.39, 0.29) is 6.09 Å². The highest BCUT2D eigenvalue weighted by molar-refractivity contribution is 5.67. The minimum atomic E-state index is -0.336. The van der Waals surface area contributed by atoms with Crippen molar-refractivity contribution in [3.63, 3.8) is 0 Å². The summed E-state index contributed by atoms with van der Waals surface area (Å²) >= 11 is 0. The van der Waals surface area contributed by atoms with Gasteiger partial charge in [0.1, 0.15) is 6.61 Å². The van der Waals surface area contributed by atoms with E-state index in [1.54, 1.807) is 0 Å². The van der Waals surface area contributed by atoms with Crippen molar-refractivity contribution < 1.29 is 14.3 Å². The predicted octanol–water partition coefficient (Wildman–Crippen LogP) is 3.59. The molecule has 0 saturated carbocycles. The number of nitrogens with one attached hydrogen (secondary N) is 1. The van der Waals surface area contributed by atoms with Crippen LogP contribution in [-0.4, -0.2) is 42.8 Å². The number of morpholine rings is 1. The number of hydrogen-bond acceptors (Lipinski definition) is 4. The summed E-state index contributed by atoms with van der Waals surface area (Å²) < 4.78 is 11.1. The largest absolute Gasteiger partial charge is 0.445 e. The van der Waals surface area contributed by atoms with E-state index < -0.39 is 0 Å². The van der Waals surface area contributed by atoms with Gasteiger partial charge in [-0.2, -0.15) is 0 Å². The molecule has 0 radical (unpaired) electrons. The molecule has 2 aliphatic heterocycles. The van der Waals surface area contributed by atoms with Crippen LogP contribution in [0.3, 0.4) is 0 Å². The molecule has 2 saturated heterocycles. The smallest absolute Gasteiger partial charge is 0.407 e. The van der Waals surface area contributed by atoms with Crippen LogP contribution in [0.25, 0.3) is 0 Å². The normalized spacial score (nSPS) is 24.5. The first-order valence-electron chi connectivity index (χ1n) is 10.1. The molecule has 2 aliphatic rings. The number of fused-ring (bicyclic) bond motifs is 2. The molecule has 4 rings (SSSR count). The molecule has 2 aromatic rings. The number of amides is 1. The van der Waals surface area contributed by atoms with Crippen molar-refractivity contribution in [3.8, 4) is 0 Å². The molecule has 2 heterocycles. The molecule has 5 heteroatoms. The van der Waals surface area contributed by atoms with Crippen molar-refractivity contribution in [2.75, 3.05) is 19.8 Å². The first-order chi connectivity index (χ1) is 13.8. The van der Waals surface area contributed by atoms with Crippen LogP contribution < -0.4 is 5.32 Å². The molecule has 2 aromatic carbocycles. The molecule has 0 spiro atoms. The third-order valence-electron chi connectivity index (χ3n) is 5.73. The van der Waals surface area contributed by atoms with Gasteiger partial charge in [0.25, 0.3) is 0 Å². The molecule has 1 amide bonds. The number of alkyl carbamates (subject to hydrolysis) is 1. The minimum Gasteiger partial charge on any atom is -0.445 e. The van der Waals surface area contributed by atoms with Crippen LogP contribution in [0.15, 0.2) is 60.7 Å². The van der Waals surface area contributed by atoms with Gasteiger partial charge in [0.05, 0.1) is 13.2 Å². The third kappa shape index (κ3) is 4.91. The number of hydrogen-bond donors (Lipinski definition) is 1. The lowest BCUT2D eigenvalue weighted by molar-refractivity contribution is -0.0913. The Balaban J connectivity index is 1.25. The second kappa shape index (κ2) is 9.22. The van der Waals surface area contributed by atoms with E-state index in [9.17, 15) is 4.79 Å². The number of benzene rings is 2. The van der Waals surface area contributed by atoms with E-state index >= 15 is 0 Å². The molecule has 0 aromatic heterocycles. The van der Waals surface area contributed by atoms with Crippen LogP contribution in [0.4, 0.5) is 4.79 Å². The maximum absolute atomic E-state index is 12.0. The Morgan fingerprint density at radius 2 is 1.57 bits per heavy atom. The number of carbonyl (C=O) groups excluding carboxylic acids is 1. The van der Waals surface area contributed by atoms with Crippen LogP contribution >= 0.6 is 0 Å². The average molecular weight is 380 g/mol. The lowest BCUT2D eigenvalue weighted by atomic mass is 9.84. The average Bonchev–Trinajstić information content (AvgIpc) is 2.72. The second-order valence-corrected chi connectivity index (χ2v) is 7.78. The number of rotatable bonds is 6. The van der Waals surface area contributed by atoms with E-state index in [2.05, 4.69) is 40.5 Å². The maximum Gasteiger partial charge on any atom is 0.407 e. The van der Waals surface area contributed by atoms with Crippen molar-refractivity contribution in [1.29, 1.82) is 0 Å². The third-order valence-corrected chi connectivity index (χ3v) is 5.73. The van der Waals surface area contributed by atoms with Crippen molar-refractivity contribution in [2.45, 2.75) is 38.1 Å². The number of nitrogens with zero attached hydrogens (tertiary/aromatic N) is 1. The van der Waals surface area contributed by atoms with Crippen LogP contribution in [0.5, 0.6) is 0 Å². The summed E-state index contributed by atoms with van der Waals surface area (Å²) in [5, 5.41) is 2.96. The minimum absolute atomic E-state index is 0.307. The van der Waals surface area contributed by atoms with Gasteiger partial charge in [0.2, 0.25) is 0 Å². The molecule has 2 bridgehead atoms. The van der Waals surface area contributed by atoms with Crippen molar-refractivity contribution in [2.24, 2.45) is 5.92 Å². The number of ether oxygens (including phenoxy) is 2. The topological polar surface area (TPSA) is 50.8 Å². The van der Waals surface area contributed by atoms with Crippen LogP contribution in [0, 0.1) is 5.92 Å². The fourth-order valence-corrected chi connectivity index (χ4v) is 4.32. The van der Waals surface area contributed by atoms with Gasteiger partial charge < -0.3 is 14.8 Å². The van der Waals surface area contributed by atoms with Gasteiger partial charge in [-0.15, -0.1) is 0 Å². The fourth-order valence-electron chi connectivity index (χ4n) is 4.32. The first-order valence-corrected chi connectivity index (χ1v) is 10.1. The van der Waals surface area contributed by atoms with E-state index in [4.69, 9.17) is 9.47 Å². The summed E-state index contributed by atoms with van der Waals surface area (Å²) in [7, 11) is 0. The summed E-state index contributed by atoms with van der Waals surface area (Å²) in [4.78, 5) is 14.6. The van der Waals surface area contributed by atoms with Crippen LogP contribution in [-0.2, 0) is 22.6 Å². The summed E-state index contributed by atoms with van der Waals surface area (Å²) in [6, 6.07) is 21.2. The SMILES string of the molecule is O=C(NCC1CC2COCC(C1)N2Cc1ccccc1)OCc1ccccc1. The highest BCUT2D eigenvalue weighted by Crippen LogP contribution is 2.32. The molecule has 2 unspecified atom stereocenters. The Hall–Kier alpha value is -2.37. The molecular weight excluding hydrogens is 352 g/mol. The second-order valence-electron chi connectivity index (χ2n) is 7.78. The van der Waals surface area contributed by atoms with Gasteiger partial charge in [0, 0.05) is 25.2 Å². The van der Waals surface area contributed by atoms with Gasteiger partial charge >= 0.3 is 6.09 Å². The molecule has 1 N–H and O–H groups in total. The molecule has 148 valence electrons. The summed E-state index contributed by atoms with van der Waals surface area (Å²) in [5.41, 5.74) is 2.35. The molecule has 2 fully saturated rings. The molecular formula is C23H28N2O3. The lowest BCUT2D eigenvalue weighted by Gasteiger charge is -2.48. The first kappa shape index (κ1) is 19.0. The monoisotopic (exact) mass is 380 g/mol. The van der Waals surface area contributed by atoms with Crippen LogP contribution in [0.1, 0.15) is 24.0 Å². The van der Waals surface area contributed by atoms with Crippen molar-refractivity contribution >= 4 is 6.09 Å². The molecule has 28 heavy (non-hydrogen) atoms. The van der Waals surface area contributed by atoms with E-state index in [0.29, 0.717) is 31.2 Å². The summed E-state index contributed by atoms with van der Waals surface area (Å²) in [5.74, 6) is 0.468. The highest BCUT2D eigenvalue weighted by atomic mass is 16.5. The zero-order valence-electron chi connectivity index (χ0n) is 16.1. The van der Waals surface area contributed by atoms with Crippen LogP contribution in [0.2, 0.25) is 0 Å². The molecule has 5 nitrogen and oxygen atoms in total. The quantitative estimate of drug-likeness (QED) is 0.832. The Bertz CT molecular complexity index is 739. The standard InChI is InChI=1S/C23H28N2O3/c26-23(28-15-19-9-5-2-6-10-19)24-13-20-11-21-16-27-17-22(12-20)25(21)14-18-7-3-1-4-8-18/h1-10,20-22H,11-17H2,(H,24,26). The Morgan fingerprint density at radius 3 is 2.21 bits per heavy atom. The Morgan fingerprint density at radius 1 is 0.964 bits per heavy atom. The lowest BCUT2D eigenvalue weighted by Crippen LogP contribution is -2.57. The van der Waals surface area contributed by atoms with E-state index in [0.717, 1.165) is 38.2 Å². The predicted molar refractivity (Wildman–Crippen MR) is 108 cm³/mol. The fraction of sp³-hybridized carbons (Fsp3) is 0.435. The number of carbonyl (C=O) groups is 1. The van der Waals surface area contributed by atoms with Gasteiger partial charge in [-0.1, -0.05) is 60.7 Å². The van der Waals surface area contributed by atoms with Gasteiger partial charge in [-0.05, 0) is 29.9 Å². The zero-order valence-corrected chi connectivity index (χ0v) is 16.1. The van der Waals surface area contributed by atoms with E-state index in [1.165, 1.54) is 5.56 Å². The number of piperidine rings is 1. The van der Waals surface area contributed by atoms with Gasteiger partial charge in [-0.25, -0.2) is 4.79 Å². The van der Waals surface area contributed by atoms with Crippen molar-refractivity contribution in [1.82, 2.24) is 10.2 Å². The zero-order chi connectivity index (χ0) is 19.2. The van der Waals surface area contributed by atoms with Crippen molar-refractivity contribution in [3.05, 3.63) is 71.8 Å². The Labute approximate surface area is 166 Å². The maximum atomic E-state index is 12.0. The van der Waals surface area contributed by atoms with Gasteiger partial charge in [-0.3, -0.25) is 4.90 Å². The molecule has 0 aliphatic carbocycles. The summed E-state index contributed by atoms with van der Waals surface area (Å²) in [6.07, 6.45) is 1.75. The van der Waals surface area contributed by atoms with Gasteiger partial charge in [0.15, 0.2) is 0 Å². The Kier molecular flexibility index (Phi) is 6.24. The summed E-state index contributed by atoms with van der Waals surface area (Å²) in [6.45, 7) is 3.50. The molecule has 2 atom stereocenters.